The Kier molecular flexibility index (Phi) is 4.23. The molecule has 2 heterocycles. The maximum absolute atomic E-state index is 5.98. The summed E-state index contributed by atoms with van der Waals surface area (Å²) in [6, 6.07) is 11.4. The predicted molar refractivity (Wildman–Crippen MR) is 88.0 cm³/mol. The molecule has 3 aromatic rings. The lowest BCUT2D eigenvalue weighted by Crippen LogP contribution is -1.90. The van der Waals surface area contributed by atoms with Crippen molar-refractivity contribution in [3.8, 4) is 11.3 Å². The van der Waals surface area contributed by atoms with Gasteiger partial charge < -0.3 is 0 Å². The molecule has 0 radical (unpaired) electrons. The molecule has 0 aliphatic heterocycles. The number of aromatic nitrogens is 2. The molecule has 0 saturated heterocycles. The van der Waals surface area contributed by atoms with Gasteiger partial charge in [0, 0.05) is 33.9 Å². The van der Waals surface area contributed by atoms with Crippen LogP contribution in [-0.4, -0.2) is 16.2 Å². The molecule has 0 unspecified atom stereocenters. The molecule has 0 aliphatic rings. The Labute approximate surface area is 131 Å². The van der Waals surface area contributed by atoms with E-state index in [1.54, 1.807) is 18.6 Å². The normalized spacial score (nSPS) is 10.9. The van der Waals surface area contributed by atoms with Crippen LogP contribution in [0.1, 0.15) is 5.56 Å². The number of nitrogens with zero attached hydrogens (tertiary/aromatic N) is 3. The molecule has 1 N–H and O–H groups in total. The lowest BCUT2D eigenvalue weighted by Gasteiger charge is -1.97. The maximum Gasteiger partial charge on any atom is 0.203 e. The van der Waals surface area contributed by atoms with Crippen molar-refractivity contribution in [2.75, 3.05) is 5.43 Å². The van der Waals surface area contributed by atoms with Crippen LogP contribution in [0.15, 0.2) is 59.3 Å². The second-order valence-electron chi connectivity index (χ2n) is 4.20. The quantitative estimate of drug-likeness (QED) is 0.577. The third-order valence-electron chi connectivity index (χ3n) is 2.68. The fourth-order valence-corrected chi connectivity index (χ4v) is 2.58. The molecule has 1 aromatic carbocycles. The van der Waals surface area contributed by atoms with Crippen LogP contribution in [0, 0.1) is 0 Å². The molecule has 2 aromatic heterocycles. The van der Waals surface area contributed by atoms with Gasteiger partial charge in [-0.15, -0.1) is 11.3 Å². The summed E-state index contributed by atoms with van der Waals surface area (Å²) >= 11 is 7.47. The van der Waals surface area contributed by atoms with Crippen LogP contribution in [-0.2, 0) is 0 Å². The van der Waals surface area contributed by atoms with Crippen molar-refractivity contribution in [3.63, 3.8) is 0 Å². The van der Waals surface area contributed by atoms with Gasteiger partial charge in [0.1, 0.15) is 0 Å². The van der Waals surface area contributed by atoms with Gasteiger partial charge >= 0.3 is 0 Å². The highest BCUT2D eigenvalue weighted by atomic mass is 35.5. The van der Waals surface area contributed by atoms with Crippen molar-refractivity contribution in [2.45, 2.75) is 0 Å². The molecule has 0 saturated carbocycles. The second kappa shape index (κ2) is 6.47. The summed E-state index contributed by atoms with van der Waals surface area (Å²) in [6.07, 6.45) is 5.17. The Bertz CT molecular complexity index is 755. The maximum atomic E-state index is 5.98. The Balaban J connectivity index is 1.70. The molecule has 0 aliphatic carbocycles. The van der Waals surface area contributed by atoms with E-state index in [1.165, 1.54) is 11.3 Å². The number of benzene rings is 1. The molecular formula is C15H11ClN4S. The summed E-state index contributed by atoms with van der Waals surface area (Å²) in [6.45, 7) is 0. The molecule has 3 rings (SSSR count). The zero-order valence-electron chi connectivity index (χ0n) is 10.9. The van der Waals surface area contributed by atoms with Gasteiger partial charge in [-0.2, -0.15) is 5.10 Å². The third kappa shape index (κ3) is 3.65. The monoisotopic (exact) mass is 314 g/mol. The van der Waals surface area contributed by atoms with Crippen LogP contribution in [0.4, 0.5) is 5.13 Å². The van der Waals surface area contributed by atoms with Crippen molar-refractivity contribution >= 4 is 34.3 Å². The van der Waals surface area contributed by atoms with Crippen molar-refractivity contribution < 1.29 is 0 Å². The van der Waals surface area contributed by atoms with Gasteiger partial charge in [-0.3, -0.25) is 10.4 Å². The topological polar surface area (TPSA) is 50.2 Å². The standard InChI is InChI=1S/C15H11ClN4S/c16-13-5-1-4-12(7-13)14-10-21-15(19-14)20-18-9-11-3-2-6-17-8-11/h1-10H,(H,19,20)/b18-9+. The van der Waals surface area contributed by atoms with Crippen molar-refractivity contribution in [3.05, 3.63) is 64.8 Å². The van der Waals surface area contributed by atoms with E-state index in [0.717, 1.165) is 22.0 Å². The van der Waals surface area contributed by atoms with Crippen LogP contribution in [0.2, 0.25) is 5.02 Å². The number of pyridine rings is 1. The van der Waals surface area contributed by atoms with E-state index < -0.39 is 0 Å². The second-order valence-corrected chi connectivity index (χ2v) is 5.50. The summed E-state index contributed by atoms with van der Waals surface area (Å²) in [4.78, 5) is 8.49. The molecular weight excluding hydrogens is 304 g/mol. The summed E-state index contributed by atoms with van der Waals surface area (Å²) in [7, 11) is 0. The molecule has 6 heteroatoms. The summed E-state index contributed by atoms with van der Waals surface area (Å²) in [5.74, 6) is 0. The van der Waals surface area contributed by atoms with E-state index >= 15 is 0 Å². The van der Waals surface area contributed by atoms with Crippen LogP contribution in [0.3, 0.4) is 0 Å². The van der Waals surface area contributed by atoms with Gasteiger partial charge in [0.25, 0.3) is 0 Å². The van der Waals surface area contributed by atoms with Crippen molar-refractivity contribution in [2.24, 2.45) is 5.10 Å². The first-order valence-electron chi connectivity index (χ1n) is 6.22. The molecule has 0 atom stereocenters. The van der Waals surface area contributed by atoms with E-state index in [0.29, 0.717) is 5.02 Å². The van der Waals surface area contributed by atoms with Gasteiger partial charge in [-0.05, 0) is 18.2 Å². The van der Waals surface area contributed by atoms with Gasteiger partial charge in [-0.25, -0.2) is 4.98 Å². The molecule has 21 heavy (non-hydrogen) atoms. The highest BCUT2D eigenvalue weighted by Crippen LogP contribution is 2.26. The minimum atomic E-state index is 0.699. The van der Waals surface area contributed by atoms with E-state index in [9.17, 15) is 0 Å². The Hall–Kier alpha value is -2.24. The van der Waals surface area contributed by atoms with Crippen LogP contribution in [0.25, 0.3) is 11.3 Å². The number of hydrogen-bond acceptors (Lipinski definition) is 5. The molecule has 0 bridgehead atoms. The van der Waals surface area contributed by atoms with Crippen LogP contribution < -0.4 is 5.43 Å². The van der Waals surface area contributed by atoms with Gasteiger partial charge in [-0.1, -0.05) is 29.8 Å². The van der Waals surface area contributed by atoms with Crippen molar-refractivity contribution in [1.29, 1.82) is 0 Å². The summed E-state index contributed by atoms with van der Waals surface area (Å²) < 4.78 is 0. The van der Waals surface area contributed by atoms with Gasteiger partial charge in [0.15, 0.2) is 0 Å². The van der Waals surface area contributed by atoms with E-state index in [4.69, 9.17) is 11.6 Å². The van der Waals surface area contributed by atoms with E-state index in [2.05, 4.69) is 20.5 Å². The Morgan fingerprint density at radius 1 is 1.24 bits per heavy atom. The Morgan fingerprint density at radius 3 is 3.00 bits per heavy atom. The largest absolute Gasteiger partial charge is 0.264 e. The fraction of sp³-hybridized carbons (Fsp3) is 0. The predicted octanol–water partition coefficient (Wildman–Crippen LogP) is 4.30. The van der Waals surface area contributed by atoms with Crippen LogP contribution in [0.5, 0.6) is 0 Å². The zero-order valence-corrected chi connectivity index (χ0v) is 12.5. The number of nitrogens with one attached hydrogen (secondary N) is 1. The van der Waals surface area contributed by atoms with E-state index in [-0.39, 0.29) is 0 Å². The first-order chi connectivity index (χ1) is 10.3. The first-order valence-corrected chi connectivity index (χ1v) is 7.47. The first kappa shape index (κ1) is 13.7. The minimum absolute atomic E-state index is 0.699. The summed E-state index contributed by atoms with van der Waals surface area (Å²) in [5.41, 5.74) is 5.71. The average molecular weight is 315 g/mol. The van der Waals surface area contributed by atoms with Gasteiger partial charge in [0.2, 0.25) is 5.13 Å². The number of halogens is 1. The SMILES string of the molecule is Clc1cccc(-c2csc(N/N=C/c3cccnc3)n2)c1. The molecule has 0 spiro atoms. The number of hydrazone groups is 1. The average Bonchev–Trinajstić information content (AvgIpc) is 2.97. The number of thiazole rings is 1. The highest BCUT2D eigenvalue weighted by Gasteiger charge is 2.04. The van der Waals surface area contributed by atoms with Crippen LogP contribution >= 0.6 is 22.9 Å². The minimum Gasteiger partial charge on any atom is -0.264 e. The molecule has 0 amide bonds. The molecule has 104 valence electrons. The smallest absolute Gasteiger partial charge is 0.203 e. The summed E-state index contributed by atoms with van der Waals surface area (Å²) in [5, 5.41) is 7.53. The fourth-order valence-electron chi connectivity index (χ4n) is 1.72. The van der Waals surface area contributed by atoms with E-state index in [1.807, 2.05) is 41.8 Å². The highest BCUT2D eigenvalue weighted by molar-refractivity contribution is 7.14. The zero-order chi connectivity index (χ0) is 14.5. The number of rotatable bonds is 4. The molecule has 0 fully saturated rings. The number of anilines is 1. The Morgan fingerprint density at radius 2 is 2.19 bits per heavy atom. The van der Waals surface area contributed by atoms with Gasteiger partial charge in [0.05, 0.1) is 11.9 Å². The lowest BCUT2D eigenvalue weighted by atomic mass is 10.2. The third-order valence-corrected chi connectivity index (χ3v) is 3.66. The number of hydrogen-bond donors (Lipinski definition) is 1. The lowest BCUT2D eigenvalue weighted by molar-refractivity contribution is 1.28. The molecule has 4 nitrogen and oxygen atoms in total. The van der Waals surface area contributed by atoms with Crippen molar-refractivity contribution in [1.82, 2.24) is 9.97 Å².